The Balaban J connectivity index is 0. The molecule has 0 saturated heterocycles. The van der Waals surface area contributed by atoms with Gasteiger partial charge in [0.1, 0.15) is 0 Å². The summed E-state index contributed by atoms with van der Waals surface area (Å²) in [7, 11) is 0. The maximum atomic E-state index is 11.6. The van der Waals surface area contributed by atoms with Crippen LogP contribution in [0.2, 0.25) is 0 Å². The van der Waals surface area contributed by atoms with Gasteiger partial charge in [-0.05, 0) is 0 Å². The topological polar surface area (TPSA) is 23.1 Å². The molecule has 0 aliphatic heterocycles. The Morgan fingerprint density at radius 1 is 1.09 bits per heavy atom. The first-order chi connectivity index (χ1) is 4.68. The molecule has 0 radical (unpaired) electrons. The van der Waals surface area contributed by atoms with E-state index in [-0.39, 0.29) is 58.2 Å². The molecule has 11 heavy (non-hydrogen) atoms. The zero-order chi connectivity index (χ0) is 8.04. The SMILES string of the molecule is CCCCC([O-])(CC)CC.[Rb+]. The molecular weight excluding hydrogens is 210 g/mol. The molecule has 0 aliphatic carbocycles. The van der Waals surface area contributed by atoms with Gasteiger partial charge in [-0.25, -0.2) is 0 Å². The van der Waals surface area contributed by atoms with Crippen LogP contribution in [-0.2, 0) is 0 Å². The first kappa shape index (κ1) is 15.2. The Morgan fingerprint density at radius 2 is 1.55 bits per heavy atom. The zero-order valence-electron chi connectivity index (χ0n) is 8.44. The molecule has 0 amide bonds. The third kappa shape index (κ3) is 6.89. The van der Waals surface area contributed by atoms with Crippen LogP contribution < -0.4 is 63.3 Å². The molecule has 0 heterocycles. The fourth-order valence-corrected chi connectivity index (χ4v) is 1.10. The molecule has 0 atom stereocenters. The molecule has 0 aromatic rings. The second kappa shape index (κ2) is 8.37. The Bertz CT molecular complexity index is 79.6. The van der Waals surface area contributed by atoms with Crippen molar-refractivity contribution < 1.29 is 63.3 Å². The van der Waals surface area contributed by atoms with Gasteiger partial charge in [-0.15, -0.1) is 5.60 Å². The molecular formula is C9H19ORb. The first-order valence-electron chi connectivity index (χ1n) is 4.39. The second-order valence-electron chi connectivity index (χ2n) is 2.99. The summed E-state index contributed by atoms with van der Waals surface area (Å²) in [6.07, 6.45) is 4.65. The standard InChI is InChI=1S/C9H19O.Rb/c1-4-7-8-9(10,5-2)6-3;/h4-8H2,1-3H3;/q-1;+1. The summed E-state index contributed by atoms with van der Waals surface area (Å²) in [5, 5.41) is 11.6. The summed E-state index contributed by atoms with van der Waals surface area (Å²) in [5.41, 5.74) is -0.615. The number of hydrogen-bond acceptors (Lipinski definition) is 1. The minimum atomic E-state index is -0.615. The quantitative estimate of drug-likeness (QED) is 0.598. The number of rotatable bonds is 5. The molecule has 0 saturated carbocycles. The van der Waals surface area contributed by atoms with Gasteiger partial charge in [-0.3, -0.25) is 0 Å². The van der Waals surface area contributed by atoms with Crippen molar-refractivity contribution in [3.63, 3.8) is 0 Å². The average Bonchev–Trinajstić information content (AvgIpc) is 2.00. The maximum absolute atomic E-state index is 11.6. The number of unbranched alkanes of at least 4 members (excludes halogenated alkanes) is 1. The van der Waals surface area contributed by atoms with Gasteiger partial charge in [0.15, 0.2) is 0 Å². The van der Waals surface area contributed by atoms with Crippen LogP contribution in [0.25, 0.3) is 0 Å². The minimum absolute atomic E-state index is 0. The van der Waals surface area contributed by atoms with Crippen LogP contribution in [0.4, 0.5) is 0 Å². The van der Waals surface area contributed by atoms with Gasteiger partial charge < -0.3 is 5.11 Å². The average molecular weight is 229 g/mol. The smallest absolute Gasteiger partial charge is 0.849 e. The molecule has 2 heteroatoms. The van der Waals surface area contributed by atoms with E-state index in [9.17, 15) is 5.11 Å². The van der Waals surface area contributed by atoms with E-state index in [1.807, 2.05) is 13.8 Å². The summed E-state index contributed by atoms with van der Waals surface area (Å²) >= 11 is 0. The Hall–Kier alpha value is 1.77. The van der Waals surface area contributed by atoms with Gasteiger partial charge >= 0.3 is 58.2 Å². The van der Waals surface area contributed by atoms with E-state index in [0.29, 0.717) is 0 Å². The van der Waals surface area contributed by atoms with E-state index in [2.05, 4.69) is 6.92 Å². The van der Waals surface area contributed by atoms with Gasteiger partial charge in [0.2, 0.25) is 0 Å². The Labute approximate surface area is 120 Å². The van der Waals surface area contributed by atoms with Crippen molar-refractivity contribution in [3.8, 4) is 0 Å². The van der Waals surface area contributed by atoms with Gasteiger partial charge in [0, 0.05) is 0 Å². The molecule has 0 aliphatic rings. The maximum Gasteiger partial charge on any atom is 1.00 e. The van der Waals surface area contributed by atoms with E-state index in [0.717, 1.165) is 32.1 Å². The van der Waals surface area contributed by atoms with Crippen molar-refractivity contribution in [3.05, 3.63) is 0 Å². The van der Waals surface area contributed by atoms with E-state index in [4.69, 9.17) is 0 Å². The largest absolute Gasteiger partial charge is 1.00 e. The van der Waals surface area contributed by atoms with Gasteiger partial charge in [0.25, 0.3) is 0 Å². The molecule has 0 rings (SSSR count). The summed E-state index contributed by atoms with van der Waals surface area (Å²) < 4.78 is 0. The predicted octanol–water partition coefficient (Wildman–Crippen LogP) is -0.900. The fraction of sp³-hybridized carbons (Fsp3) is 1.00. The molecule has 0 aromatic carbocycles. The minimum Gasteiger partial charge on any atom is -0.849 e. The van der Waals surface area contributed by atoms with Crippen LogP contribution in [0, 0.1) is 0 Å². The van der Waals surface area contributed by atoms with Crippen molar-refractivity contribution >= 4 is 0 Å². The molecule has 62 valence electrons. The Kier molecular flexibility index (Phi) is 11.6. The number of hydrogen-bond donors (Lipinski definition) is 0. The molecule has 0 fully saturated rings. The van der Waals surface area contributed by atoms with Crippen LogP contribution in [-0.4, -0.2) is 5.60 Å². The van der Waals surface area contributed by atoms with Crippen molar-refractivity contribution in [2.75, 3.05) is 0 Å². The van der Waals surface area contributed by atoms with Crippen molar-refractivity contribution in [2.45, 2.75) is 58.5 Å². The zero-order valence-corrected chi connectivity index (χ0v) is 13.4. The molecule has 0 unspecified atom stereocenters. The normalized spacial score (nSPS) is 10.9. The van der Waals surface area contributed by atoms with Crippen LogP contribution >= 0.6 is 0 Å². The fourth-order valence-electron chi connectivity index (χ4n) is 1.10. The van der Waals surface area contributed by atoms with E-state index >= 15 is 0 Å². The summed E-state index contributed by atoms with van der Waals surface area (Å²) in [4.78, 5) is 0. The van der Waals surface area contributed by atoms with E-state index in [1.54, 1.807) is 0 Å². The van der Waals surface area contributed by atoms with Crippen molar-refractivity contribution in [2.24, 2.45) is 0 Å². The van der Waals surface area contributed by atoms with Crippen LogP contribution in [0.15, 0.2) is 0 Å². The van der Waals surface area contributed by atoms with Crippen LogP contribution in [0.5, 0.6) is 0 Å². The third-order valence-electron chi connectivity index (χ3n) is 2.27. The second-order valence-corrected chi connectivity index (χ2v) is 2.99. The van der Waals surface area contributed by atoms with E-state index in [1.165, 1.54) is 0 Å². The van der Waals surface area contributed by atoms with E-state index < -0.39 is 5.60 Å². The predicted molar refractivity (Wildman–Crippen MR) is 42.8 cm³/mol. The molecule has 1 nitrogen and oxygen atoms in total. The summed E-state index contributed by atoms with van der Waals surface area (Å²) in [6, 6.07) is 0. The Morgan fingerprint density at radius 3 is 1.82 bits per heavy atom. The van der Waals surface area contributed by atoms with Crippen molar-refractivity contribution in [1.82, 2.24) is 0 Å². The van der Waals surface area contributed by atoms with Crippen molar-refractivity contribution in [1.29, 1.82) is 0 Å². The van der Waals surface area contributed by atoms with Gasteiger partial charge in [-0.1, -0.05) is 52.9 Å². The molecule has 0 spiro atoms. The molecule has 0 N–H and O–H groups in total. The summed E-state index contributed by atoms with van der Waals surface area (Å²) in [5.74, 6) is 0. The van der Waals surface area contributed by atoms with Gasteiger partial charge in [0.05, 0.1) is 0 Å². The summed E-state index contributed by atoms with van der Waals surface area (Å²) in [6.45, 7) is 6.12. The first-order valence-corrected chi connectivity index (χ1v) is 4.39. The van der Waals surface area contributed by atoms with Crippen LogP contribution in [0.1, 0.15) is 52.9 Å². The van der Waals surface area contributed by atoms with Gasteiger partial charge in [-0.2, -0.15) is 0 Å². The molecule has 0 bridgehead atoms. The molecule has 0 aromatic heterocycles. The monoisotopic (exact) mass is 228 g/mol. The third-order valence-corrected chi connectivity index (χ3v) is 2.27. The van der Waals surface area contributed by atoms with Crippen LogP contribution in [0.3, 0.4) is 0 Å².